The average molecular weight is 249 g/mol. The summed E-state index contributed by atoms with van der Waals surface area (Å²) >= 11 is 0. The lowest BCUT2D eigenvalue weighted by atomic mass is 10.6. The molecule has 0 aliphatic carbocycles. The van der Waals surface area contributed by atoms with Gasteiger partial charge in [-0.2, -0.15) is 0 Å². The summed E-state index contributed by atoms with van der Waals surface area (Å²) in [4.78, 5) is 20.7. The summed E-state index contributed by atoms with van der Waals surface area (Å²) < 4.78 is 14.3. The van der Waals surface area contributed by atoms with Gasteiger partial charge in [0.25, 0.3) is 0 Å². The maximum Gasteiger partial charge on any atom is 0.302 e. The molecule has 0 saturated carbocycles. The van der Waals surface area contributed by atoms with E-state index in [1.807, 2.05) is 0 Å². The fraction of sp³-hybridized carbons (Fsp3) is 0.818. The van der Waals surface area contributed by atoms with Crippen LogP contribution in [0.25, 0.3) is 0 Å². The van der Waals surface area contributed by atoms with E-state index in [1.165, 1.54) is 11.8 Å². The average Bonchev–Trinajstić information content (AvgIpc) is 2.32. The molecule has 1 rings (SSSR count). The second-order valence-corrected chi connectivity index (χ2v) is 3.22. The number of ether oxygens (including phenoxy) is 3. The Morgan fingerprint density at radius 2 is 1.59 bits per heavy atom. The van der Waals surface area contributed by atoms with Crippen molar-refractivity contribution in [1.82, 2.24) is 4.90 Å². The third-order valence-corrected chi connectivity index (χ3v) is 1.30. The van der Waals surface area contributed by atoms with E-state index in [0.29, 0.717) is 6.61 Å². The number of esters is 1. The smallest absolute Gasteiger partial charge is 0.302 e. The Morgan fingerprint density at radius 1 is 1.24 bits per heavy atom. The van der Waals surface area contributed by atoms with Gasteiger partial charge in [0.2, 0.25) is 6.41 Å². The number of rotatable bonds is 2. The lowest BCUT2D eigenvalue weighted by molar-refractivity contribution is -0.140. The third kappa shape index (κ3) is 25.3. The van der Waals surface area contributed by atoms with Crippen LogP contribution in [0.2, 0.25) is 0 Å². The summed E-state index contributed by atoms with van der Waals surface area (Å²) in [6.07, 6.45) is 0.750. The van der Waals surface area contributed by atoms with Crippen molar-refractivity contribution in [3.05, 3.63) is 0 Å². The summed E-state index contributed by atoms with van der Waals surface area (Å²) in [5, 5.41) is 0. The first kappa shape index (κ1) is 18.2. The van der Waals surface area contributed by atoms with E-state index in [-0.39, 0.29) is 5.97 Å². The van der Waals surface area contributed by atoms with Gasteiger partial charge in [-0.3, -0.25) is 9.59 Å². The second kappa shape index (κ2) is 14.9. The Morgan fingerprint density at radius 3 is 1.65 bits per heavy atom. The van der Waals surface area contributed by atoms with Crippen molar-refractivity contribution in [3.8, 4) is 0 Å². The van der Waals surface area contributed by atoms with Crippen LogP contribution in [0.3, 0.4) is 0 Å². The molecular weight excluding hydrogens is 226 g/mol. The molecule has 0 bridgehead atoms. The first-order chi connectivity index (χ1) is 8.04. The van der Waals surface area contributed by atoms with Gasteiger partial charge < -0.3 is 19.1 Å². The maximum atomic E-state index is 9.82. The number of hydrogen-bond donors (Lipinski definition) is 0. The molecular formula is C11H23NO5. The second-order valence-electron chi connectivity index (χ2n) is 3.22. The minimum atomic E-state index is -0.211. The number of hydrogen-bond acceptors (Lipinski definition) is 5. The van der Waals surface area contributed by atoms with E-state index < -0.39 is 0 Å². The Labute approximate surface area is 103 Å². The highest BCUT2D eigenvalue weighted by Crippen LogP contribution is 1.85. The lowest BCUT2D eigenvalue weighted by Gasteiger charge is -2.09. The van der Waals surface area contributed by atoms with Crippen molar-refractivity contribution < 1.29 is 23.8 Å². The molecule has 17 heavy (non-hydrogen) atoms. The quantitative estimate of drug-likeness (QED) is 0.520. The van der Waals surface area contributed by atoms with E-state index in [0.717, 1.165) is 32.8 Å². The molecule has 0 aromatic heterocycles. The van der Waals surface area contributed by atoms with E-state index >= 15 is 0 Å². The predicted octanol–water partition coefficient (Wildman–Crippen LogP) is 0.307. The third-order valence-electron chi connectivity index (χ3n) is 1.30. The van der Waals surface area contributed by atoms with Crippen LogP contribution in [0.15, 0.2) is 0 Å². The van der Waals surface area contributed by atoms with Crippen LogP contribution in [0.5, 0.6) is 0 Å². The van der Waals surface area contributed by atoms with E-state index in [4.69, 9.17) is 9.47 Å². The molecule has 1 aliphatic rings. The zero-order valence-corrected chi connectivity index (χ0v) is 11.1. The minimum absolute atomic E-state index is 0.211. The van der Waals surface area contributed by atoms with Crippen molar-refractivity contribution in [2.45, 2.75) is 13.8 Å². The van der Waals surface area contributed by atoms with Crippen molar-refractivity contribution in [2.75, 3.05) is 47.1 Å². The Bertz CT molecular complexity index is 169. The van der Waals surface area contributed by atoms with Crippen molar-refractivity contribution in [1.29, 1.82) is 0 Å². The summed E-state index contributed by atoms with van der Waals surface area (Å²) in [5.74, 6) is -0.211. The molecule has 0 spiro atoms. The highest BCUT2D eigenvalue weighted by molar-refractivity contribution is 5.65. The van der Waals surface area contributed by atoms with Crippen LogP contribution in [-0.4, -0.2) is 64.4 Å². The van der Waals surface area contributed by atoms with E-state index in [1.54, 1.807) is 21.0 Å². The largest absolute Gasteiger partial charge is 0.466 e. The van der Waals surface area contributed by atoms with Gasteiger partial charge in [-0.25, -0.2) is 0 Å². The number of carbonyl (C=O) groups is 2. The van der Waals surface area contributed by atoms with Crippen LogP contribution < -0.4 is 0 Å². The Hall–Kier alpha value is -1.14. The van der Waals surface area contributed by atoms with Gasteiger partial charge in [0, 0.05) is 21.0 Å². The van der Waals surface area contributed by atoms with Crippen LogP contribution in [0, 0.1) is 0 Å². The highest BCUT2D eigenvalue weighted by Gasteiger charge is 1.94. The molecule has 0 unspecified atom stereocenters. The first-order valence-electron chi connectivity index (χ1n) is 5.45. The van der Waals surface area contributed by atoms with Gasteiger partial charge in [-0.15, -0.1) is 0 Å². The Kier molecular flexibility index (Phi) is 15.9. The van der Waals surface area contributed by atoms with Crippen molar-refractivity contribution >= 4 is 12.4 Å². The molecule has 1 saturated heterocycles. The molecule has 102 valence electrons. The molecule has 1 aliphatic heterocycles. The molecule has 0 atom stereocenters. The molecule has 1 fully saturated rings. The monoisotopic (exact) mass is 249 g/mol. The lowest BCUT2D eigenvalue weighted by Crippen LogP contribution is -2.16. The van der Waals surface area contributed by atoms with Gasteiger partial charge in [-0.1, -0.05) is 0 Å². The van der Waals surface area contributed by atoms with E-state index in [9.17, 15) is 9.59 Å². The van der Waals surface area contributed by atoms with Crippen LogP contribution in [0.4, 0.5) is 0 Å². The number of carbonyl (C=O) groups excluding carboxylic acids is 2. The minimum Gasteiger partial charge on any atom is -0.466 e. The topological polar surface area (TPSA) is 65.1 Å². The summed E-state index contributed by atoms with van der Waals surface area (Å²) in [5.41, 5.74) is 0. The molecule has 1 amide bonds. The summed E-state index contributed by atoms with van der Waals surface area (Å²) in [6.45, 7) is 6.76. The molecule has 0 N–H and O–H groups in total. The van der Waals surface area contributed by atoms with Gasteiger partial charge >= 0.3 is 5.97 Å². The van der Waals surface area contributed by atoms with Gasteiger partial charge in [0.15, 0.2) is 0 Å². The number of nitrogens with zero attached hydrogens (tertiary/aromatic N) is 1. The maximum absolute atomic E-state index is 9.82. The summed E-state index contributed by atoms with van der Waals surface area (Å²) in [6, 6.07) is 0. The zero-order valence-electron chi connectivity index (χ0n) is 11.1. The SMILES string of the molecule is C1COCCO1.CCOC(C)=O.CN(C)C=O. The fourth-order valence-electron chi connectivity index (χ4n) is 0.643. The van der Waals surface area contributed by atoms with Crippen LogP contribution in [0.1, 0.15) is 13.8 Å². The summed E-state index contributed by atoms with van der Waals surface area (Å²) in [7, 11) is 3.38. The predicted molar refractivity (Wildman–Crippen MR) is 63.7 cm³/mol. The van der Waals surface area contributed by atoms with Gasteiger partial charge in [0.05, 0.1) is 33.0 Å². The van der Waals surface area contributed by atoms with E-state index in [2.05, 4.69) is 4.74 Å². The molecule has 1 heterocycles. The first-order valence-corrected chi connectivity index (χ1v) is 5.45. The highest BCUT2D eigenvalue weighted by atomic mass is 16.6. The fourth-order valence-corrected chi connectivity index (χ4v) is 0.643. The molecule has 6 heteroatoms. The molecule has 0 radical (unpaired) electrons. The van der Waals surface area contributed by atoms with Gasteiger partial charge in [-0.05, 0) is 6.92 Å². The van der Waals surface area contributed by atoms with Crippen molar-refractivity contribution in [3.63, 3.8) is 0 Å². The Balaban J connectivity index is 0. The molecule has 6 nitrogen and oxygen atoms in total. The van der Waals surface area contributed by atoms with Crippen LogP contribution >= 0.6 is 0 Å². The zero-order chi connectivity index (χ0) is 13.5. The number of amides is 1. The van der Waals surface area contributed by atoms with Crippen LogP contribution in [-0.2, 0) is 23.8 Å². The van der Waals surface area contributed by atoms with Crippen molar-refractivity contribution in [2.24, 2.45) is 0 Å². The normalized spacial score (nSPS) is 13.2. The standard InChI is InChI=1S/2C4H8O2.C3H7NO/c1-2-6-4-3-5-1;1-3-6-4(2)5;1-4(2)3-5/h1-4H2;3H2,1-2H3;3H,1-2H3. The molecule has 0 aromatic rings. The molecule has 0 aromatic carbocycles. The van der Waals surface area contributed by atoms with Gasteiger partial charge in [0.1, 0.15) is 0 Å².